The number of benzene rings is 1. The molecule has 1 unspecified atom stereocenters. The van der Waals surface area contributed by atoms with Crippen LogP contribution in [0.1, 0.15) is 38.6 Å². The van der Waals surface area contributed by atoms with E-state index in [9.17, 15) is 0 Å². The van der Waals surface area contributed by atoms with Gasteiger partial charge in [0.05, 0.1) is 6.04 Å². The molecule has 0 saturated heterocycles. The molecule has 3 rings (SSSR count). The number of nitrogens with two attached hydrogens (primary N) is 2. The largest absolute Gasteiger partial charge is 0.399 e. The van der Waals surface area contributed by atoms with Gasteiger partial charge in [-0.2, -0.15) is 0 Å². The predicted molar refractivity (Wildman–Crippen MR) is 78.7 cm³/mol. The van der Waals surface area contributed by atoms with Gasteiger partial charge in [0.1, 0.15) is 0 Å². The standard InChI is InChI=1S/C14H20N6/c1-2-11(7-9-3-4-9)20-14(17-18-19-20)12-6-5-10(15)8-13(12)16/h5-6,8-9,11H,2-4,7,15-16H2,1H3. The minimum absolute atomic E-state index is 0.337. The zero-order chi connectivity index (χ0) is 14.1. The number of nitrogens with zero attached hydrogens (tertiary/aromatic N) is 4. The lowest BCUT2D eigenvalue weighted by atomic mass is 10.1. The molecule has 106 valence electrons. The summed E-state index contributed by atoms with van der Waals surface area (Å²) in [5, 5.41) is 12.2. The normalized spacial score (nSPS) is 16.2. The van der Waals surface area contributed by atoms with Crippen molar-refractivity contribution >= 4 is 11.4 Å². The quantitative estimate of drug-likeness (QED) is 0.814. The molecule has 6 heteroatoms. The van der Waals surface area contributed by atoms with Crippen molar-refractivity contribution in [1.82, 2.24) is 20.2 Å². The number of aromatic nitrogens is 4. The third-order valence-electron chi connectivity index (χ3n) is 3.93. The summed E-state index contributed by atoms with van der Waals surface area (Å²) in [7, 11) is 0. The maximum atomic E-state index is 6.05. The van der Waals surface area contributed by atoms with Gasteiger partial charge >= 0.3 is 0 Å². The molecule has 20 heavy (non-hydrogen) atoms. The topological polar surface area (TPSA) is 95.6 Å². The third kappa shape index (κ3) is 2.45. The van der Waals surface area contributed by atoms with E-state index in [4.69, 9.17) is 11.5 Å². The van der Waals surface area contributed by atoms with Crippen molar-refractivity contribution in [2.75, 3.05) is 11.5 Å². The molecule has 0 spiro atoms. The molecule has 0 bridgehead atoms. The van der Waals surface area contributed by atoms with Crippen LogP contribution < -0.4 is 11.5 Å². The lowest BCUT2D eigenvalue weighted by Gasteiger charge is -2.16. The van der Waals surface area contributed by atoms with Crippen molar-refractivity contribution < 1.29 is 0 Å². The molecule has 0 radical (unpaired) electrons. The highest BCUT2D eigenvalue weighted by molar-refractivity contribution is 5.74. The Hall–Kier alpha value is -2.11. The Morgan fingerprint density at radius 1 is 1.35 bits per heavy atom. The highest BCUT2D eigenvalue weighted by Gasteiger charge is 2.28. The Labute approximate surface area is 118 Å². The van der Waals surface area contributed by atoms with E-state index in [0.29, 0.717) is 17.4 Å². The minimum Gasteiger partial charge on any atom is -0.399 e. The molecule has 1 fully saturated rings. The molecule has 0 aliphatic heterocycles. The summed E-state index contributed by atoms with van der Waals surface area (Å²) in [5.41, 5.74) is 13.9. The summed E-state index contributed by atoms with van der Waals surface area (Å²) < 4.78 is 1.92. The Morgan fingerprint density at radius 3 is 2.80 bits per heavy atom. The SMILES string of the molecule is CCC(CC1CC1)n1nnnc1-c1ccc(N)cc1N. The van der Waals surface area contributed by atoms with E-state index in [1.54, 1.807) is 6.07 Å². The van der Waals surface area contributed by atoms with Gasteiger partial charge in [-0.1, -0.05) is 19.8 Å². The van der Waals surface area contributed by atoms with Crippen molar-refractivity contribution in [1.29, 1.82) is 0 Å². The van der Waals surface area contributed by atoms with E-state index in [-0.39, 0.29) is 0 Å². The average Bonchev–Trinajstić information content (AvgIpc) is 3.12. The fourth-order valence-corrected chi connectivity index (χ4v) is 2.58. The van der Waals surface area contributed by atoms with Crippen LogP contribution in [-0.2, 0) is 0 Å². The molecular weight excluding hydrogens is 252 g/mol. The smallest absolute Gasteiger partial charge is 0.184 e. The summed E-state index contributed by atoms with van der Waals surface area (Å²) in [5.74, 6) is 1.57. The van der Waals surface area contributed by atoms with Crippen molar-refractivity contribution in [3.8, 4) is 11.4 Å². The summed E-state index contributed by atoms with van der Waals surface area (Å²) in [6.07, 6.45) is 4.82. The second-order valence-electron chi connectivity index (χ2n) is 5.53. The van der Waals surface area contributed by atoms with Crippen molar-refractivity contribution in [2.24, 2.45) is 5.92 Å². The van der Waals surface area contributed by atoms with E-state index >= 15 is 0 Å². The molecule has 1 aromatic carbocycles. The van der Waals surface area contributed by atoms with Gasteiger partial charge in [-0.15, -0.1) is 5.10 Å². The first-order valence-electron chi connectivity index (χ1n) is 7.12. The highest BCUT2D eigenvalue weighted by atomic mass is 15.5. The molecule has 1 aliphatic carbocycles. The number of tetrazole rings is 1. The number of hydrogen-bond donors (Lipinski definition) is 2. The first-order valence-corrected chi connectivity index (χ1v) is 7.12. The number of hydrogen-bond acceptors (Lipinski definition) is 5. The molecule has 6 nitrogen and oxygen atoms in total. The highest BCUT2D eigenvalue weighted by Crippen LogP contribution is 2.39. The fraction of sp³-hybridized carbons (Fsp3) is 0.500. The second kappa shape index (κ2) is 5.11. The molecule has 1 saturated carbocycles. The van der Waals surface area contributed by atoms with Crippen LogP contribution in [0.2, 0.25) is 0 Å². The molecule has 1 aromatic heterocycles. The first kappa shape index (κ1) is 12.9. The van der Waals surface area contributed by atoms with Crippen LogP contribution in [0.3, 0.4) is 0 Å². The molecule has 1 aliphatic rings. The van der Waals surface area contributed by atoms with Crippen molar-refractivity contribution in [2.45, 2.75) is 38.6 Å². The first-order chi connectivity index (χ1) is 9.69. The van der Waals surface area contributed by atoms with Crippen molar-refractivity contribution in [3.05, 3.63) is 18.2 Å². The van der Waals surface area contributed by atoms with Crippen molar-refractivity contribution in [3.63, 3.8) is 0 Å². The van der Waals surface area contributed by atoms with Gasteiger partial charge in [-0.25, -0.2) is 4.68 Å². The molecular formula is C14H20N6. The number of rotatable bonds is 5. The average molecular weight is 272 g/mol. The van der Waals surface area contributed by atoms with Gasteiger partial charge in [0, 0.05) is 16.9 Å². The molecule has 2 aromatic rings. The second-order valence-corrected chi connectivity index (χ2v) is 5.53. The van der Waals surface area contributed by atoms with Gasteiger partial charge in [0.15, 0.2) is 5.82 Å². The van der Waals surface area contributed by atoms with Crippen LogP contribution in [0, 0.1) is 5.92 Å². The van der Waals surface area contributed by atoms with Crippen LogP contribution in [0.15, 0.2) is 18.2 Å². The fourth-order valence-electron chi connectivity index (χ4n) is 2.58. The minimum atomic E-state index is 0.337. The van der Waals surface area contributed by atoms with E-state index < -0.39 is 0 Å². The van der Waals surface area contributed by atoms with Gasteiger partial charge in [0.2, 0.25) is 0 Å². The Balaban J connectivity index is 1.95. The van der Waals surface area contributed by atoms with Crippen LogP contribution in [-0.4, -0.2) is 20.2 Å². The van der Waals surface area contributed by atoms with Gasteiger partial charge < -0.3 is 11.5 Å². The molecule has 1 atom stereocenters. The summed E-state index contributed by atoms with van der Waals surface area (Å²) in [6.45, 7) is 2.17. The number of nitrogen functional groups attached to an aromatic ring is 2. The molecule has 1 heterocycles. The van der Waals surface area contributed by atoms with Gasteiger partial charge in [0.25, 0.3) is 0 Å². The monoisotopic (exact) mass is 272 g/mol. The van der Waals surface area contributed by atoms with E-state index in [1.807, 2.05) is 16.8 Å². The van der Waals surface area contributed by atoms with Crippen LogP contribution in [0.5, 0.6) is 0 Å². The van der Waals surface area contributed by atoms with E-state index in [2.05, 4.69) is 22.4 Å². The summed E-state index contributed by atoms with van der Waals surface area (Å²) >= 11 is 0. The van der Waals surface area contributed by atoms with Crippen LogP contribution in [0.25, 0.3) is 11.4 Å². The predicted octanol–water partition coefficient (Wildman–Crippen LogP) is 2.26. The lowest BCUT2D eigenvalue weighted by Crippen LogP contribution is -2.13. The van der Waals surface area contributed by atoms with E-state index in [0.717, 1.165) is 30.1 Å². The Morgan fingerprint density at radius 2 is 2.15 bits per heavy atom. The zero-order valence-corrected chi connectivity index (χ0v) is 11.7. The Kier molecular flexibility index (Phi) is 3.30. The van der Waals surface area contributed by atoms with Gasteiger partial charge in [-0.3, -0.25) is 0 Å². The van der Waals surface area contributed by atoms with Crippen LogP contribution in [0.4, 0.5) is 11.4 Å². The third-order valence-corrected chi connectivity index (χ3v) is 3.93. The molecule has 4 N–H and O–H groups in total. The van der Waals surface area contributed by atoms with Crippen LogP contribution >= 0.6 is 0 Å². The molecule has 0 amide bonds. The maximum absolute atomic E-state index is 6.05. The summed E-state index contributed by atoms with van der Waals surface area (Å²) in [4.78, 5) is 0. The summed E-state index contributed by atoms with van der Waals surface area (Å²) in [6, 6.07) is 5.80. The lowest BCUT2D eigenvalue weighted by molar-refractivity contribution is 0.389. The van der Waals surface area contributed by atoms with Gasteiger partial charge in [-0.05, 0) is 47.4 Å². The van der Waals surface area contributed by atoms with E-state index in [1.165, 1.54) is 12.8 Å². The zero-order valence-electron chi connectivity index (χ0n) is 11.7. The number of anilines is 2. The Bertz CT molecular complexity index is 601. The maximum Gasteiger partial charge on any atom is 0.184 e.